The van der Waals surface area contributed by atoms with Crippen molar-refractivity contribution < 1.29 is 26.0 Å². The molecule has 33 heavy (non-hydrogen) atoms. The van der Waals surface area contributed by atoms with Crippen molar-refractivity contribution in [3.63, 3.8) is 0 Å². The Morgan fingerprint density at radius 2 is 1.73 bits per heavy atom. The van der Waals surface area contributed by atoms with Gasteiger partial charge in [-0.05, 0) is 48.7 Å². The van der Waals surface area contributed by atoms with E-state index in [-0.39, 0.29) is 23.9 Å². The molecule has 1 aliphatic rings. The zero-order chi connectivity index (χ0) is 24.1. The summed E-state index contributed by atoms with van der Waals surface area (Å²) in [6.45, 7) is 1.45. The van der Waals surface area contributed by atoms with E-state index in [0.29, 0.717) is 24.6 Å². The highest BCUT2D eigenvalue weighted by atomic mass is 32.2. The van der Waals surface area contributed by atoms with Crippen LogP contribution in [-0.2, 0) is 37.9 Å². The summed E-state index contributed by atoms with van der Waals surface area (Å²) in [6.07, 6.45) is 6.75. The SMILES string of the molecule is CN(Cc1ccc(/C=C/C(=O)NCc2ccc(S(=O)(=O)N3CCCCC3)cc2)o1)S(C)(=O)=O. The van der Waals surface area contributed by atoms with E-state index in [1.54, 1.807) is 36.4 Å². The lowest BCUT2D eigenvalue weighted by Gasteiger charge is -2.25. The van der Waals surface area contributed by atoms with E-state index in [9.17, 15) is 21.6 Å². The minimum absolute atomic E-state index is 0.0995. The summed E-state index contributed by atoms with van der Waals surface area (Å²) in [6, 6.07) is 9.82. The molecule has 1 aromatic carbocycles. The number of sulfonamides is 2. The van der Waals surface area contributed by atoms with E-state index in [1.807, 2.05) is 0 Å². The molecule has 1 amide bonds. The van der Waals surface area contributed by atoms with E-state index >= 15 is 0 Å². The van der Waals surface area contributed by atoms with Crippen molar-refractivity contribution in [2.75, 3.05) is 26.4 Å². The molecule has 1 fully saturated rings. The first-order chi connectivity index (χ1) is 15.6. The van der Waals surface area contributed by atoms with Gasteiger partial charge in [-0.15, -0.1) is 0 Å². The summed E-state index contributed by atoms with van der Waals surface area (Å²) < 4.78 is 56.6. The number of rotatable bonds is 9. The zero-order valence-electron chi connectivity index (χ0n) is 18.7. The van der Waals surface area contributed by atoms with Crippen LogP contribution >= 0.6 is 0 Å². The molecule has 1 N–H and O–H groups in total. The van der Waals surface area contributed by atoms with E-state index in [2.05, 4.69) is 5.32 Å². The normalized spacial score (nSPS) is 15.8. The van der Waals surface area contributed by atoms with Crippen LogP contribution in [0.15, 0.2) is 51.8 Å². The number of furan rings is 1. The average Bonchev–Trinajstić information content (AvgIpc) is 3.24. The van der Waals surface area contributed by atoms with Crippen molar-refractivity contribution in [2.45, 2.75) is 37.2 Å². The number of nitrogens with one attached hydrogen (secondary N) is 1. The van der Waals surface area contributed by atoms with Crippen LogP contribution in [0, 0.1) is 0 Å². The van der Waals surface area contributed by atoms with Crippen molar-refractivity contribution in [1.82, 2.24) is 13.9 Å². The molecular formula is C22H29N3O6S2. The van der Waals surface area contributed by atoms with E-state index in [1.165, 1.54) is 23.5 Å². The van der Waals surface area contributed by atoms with E-state index < -0.39 is 20.0 Å². The van der Waals surface area contributed by atoms with Gasteiger partial charge in [0.15, 0.2) is 0 Å². The molecule has 0 atom stereocenters. The second-order valence-corrected chi connectivity index (χ2v) is 12.0. The summed E-state index contributed by atoms with van der Waals surface area (Å²) >= 11 is 0. The standard InChI is InChI=1S/C22H29N3O6S2/c1-24(32(2,27)28)17-20-9-8-19(31-20)10-13-22(26)23-16-18-6-11-21(12-7-18)33(29,30)25-14-4-3-5-15-25/h6-13H,3-5,14-17H2,1-2H3,(H,23,26)/b13-10+. The van der Waals surface area contributed by atoms with E-state index in [0.717, 1.165) is 35.4 Å². The molecule has 2 aromatic rings. The molecule has 0 spiro atoms. The highest BCUT2D eigenvalue weighted by Crippen LogP contribution is 2.21. The van der Waals surface area contributed by atoms with Gasteiger partial charge in [0, 0.05) is 32.8 Å². The molecule has 0 bridgehead atoms. The van der Waals surface area contributed by atoms with Gasteiger partial charge in [0.25, 0.3) is 0 Å². The molecule has 9 nitrogen and oxygen atoms in total. The quantitative estimate of drug-likeness (QED) is 0.533. The van der Waals surface area contributed by atoms with Crippen LogP contribution in [0.2, 0.25) is 0 Å². The lowest BCUT2D eigenvalue weighted by molar-refractivity contribution is -0.116. The fraction of sp³-hybridized carbons (Fsp3) is 0.409. The Morgan fingerprint density at radius 3 is 2.36 bits per heavy atom. The number of hydrogen-bond donors (Lipinski definition) is 1. The Balaban J connectivity index is 1.51. The predicted octanol–water partition coefficient (Wildman–Crippen LogP) is 2.18. The van der Waals surface area contributed by atoms with Crippen molar-refractivity contribution in [3.05, 3.63) is 59.6 Å². The number of piperidine rings is 1. The summed E-state index contributed by atoms with van der Waals surface area (Å²) in [5.74, 6) is 0.545. The molecule has 0 radical (unpaired) electrons. The minimum Gasteiger partial charge on any atom is -0.460 e. The highest BCUT2D eigenvalue weighted by molar-refractivity contribution is 7.89. The van der Waals surface area contributed by atoms with Gasteiger partial charge in [0.1, 0.15) is 11.5 Å². The number of carbonyl (C=O) groups excluding carboxylic acids is 1. The number of benzene rings is 1. The average molecular weight is 496 g/mol. The van der Waals surface area contributed by atoms with Crippen LogP contribution in [0.5, 0.6) is 0 Å². The molecule has 2 heterocycles. The van der Waals surface area contributed by atoms with E-state index in [4.69, 9.17) is 4.42 Å². The van der Waals surface area contributed by atoms with Crippen LogP contribution in [0.4, 0.5) is 0 Å². The Labute approximate surface area is 195 Å². The molecule has 1 aromatic heterocycles. The third-order valence-electron chi connectivity index (χ3n) is 5.37. The topological polar surface area (TPSA) is 117 Å². The molecule has 3 rings (SSSR count). The number of hydrogen-bond acceptors (Lipinski definition) is 6. The molecule has 0 saturated carbocycles. The third kappa shape index (κ3) is 7.00. The molecule has 11 heteroatoms. The second-order valence-electron chi connectivity index (χ2n) is 7.98. The van der Waals surface area contributed by atoms with Crippen molar-refractivity contribution >= 4 is 32.0 Å². The monoisotopic (exact) mass is 495 g/mol. The largest absolute Gasteiger partial charge is 0.460 e. The third-order valence-corrected chi connectivity index (χ3v) is 8.54. The van der Waals surface area contributed by atoms with Gasteiger partial charge >= 0.3 is 0 Å². The van der Waals surface area contributed by atoms with Crippen molar-refractivity contribution in [2.24, 2.45) is 0 Å². The highest BCUT2D eigenvalue weighted by Gasteiger charge is 2.25. The van der Waals surface area contributed by atoms with Crippen LogP contribution < -0.4 is 5.32 Å². The number of nitrogens with zero attached hydrogens (tertiary/aromatic N) is 2. The Hall–Kier alpha value is -2.47. The van der Waals surface area contributed by atoms with Crippen LogP contribution in [0.3, 0.4) is 0 Å². The first kappa shape index (κ1) is 25.2. The molecule has 0 aliphatic carbocycles. The van der Waals surface area contributed by atoms with Gasteiger partial charge < -0.3 is 9.73 Å². The molecule has 1 saturated heterocycles. The predicted molar refractivity (Wildman–Crippen MR) is 125 cm³/mol. The first-order valence-corrected chi connectivity index (χ1v) is 13.9. The Kier molecular flexibility index (Phi) is 8.11. The summed E-state index contributed by atoms with van der Waals surface area (Å²) in [5, 5.41) is 2.73. The van der Waals surface area contributed by atoms with Gasteiger partial charge in [-0.1, -0.05) is 18.6 Å². The van der Waals surface area contributed by atoms with Gasteiger partial charge in [-0.3, -0.25) is 4.79 Å². The maximum atomic E-state index is 12.7. The second kappa shape index (κ2) is 10.6. The maximum absolute atomic E-state index is 12.7. The Morgan fingerprint density at radius 1 is 1.06 bits per heavy atom. The molecule has 0 unspecified atom stereocenters. The van der Waals surface area contributed by atoms with Gasteiger partial charge in [-0.25, -0.2) is 16.8 Å². The zero-order valence-corrected chi connectivity index (χ0v) is 20.4. The van der Waals surface area contributed by atoms with Gasteiger partial charge in [-0.2, -0.15) is 8.61 Å². The van der Waals surface area contributed by atoms with Crippen LogP contribution in [0.1, 0.15) is 36.3 Å². The molecular weight excluding hydrogens is 466 g/mol. The summed E-state index contributed by atoms with van der Waals surface area (Å²) in [4.78, 5) is 12.4. The first-order valence-electron chi connectivity index (χ1n) is 10.6. The lowest BCUT2D eigenvalue weighted by atomic mass is 10.2. The molecule has 180 valence electrons. The number of amides is 1. The molecule has 1 aliphatic heterocycles. The van der Waals surface area contributed by atoms with Gasteiger partial charge in [0.05, 0.1) is 17.7 Å². The summed E-state index contributed by atoms with van der Waals surface area (Å²) in [7, 11) is -5.33. The van der Waals surface area contributed by atoms with Crippen LogP contribution in [-0.4, -0.2) is 57.7 Å². The maximum Gasteiger partial charge on any atom is 0.244 e. The van der Waals surface area contributed by atoms with Crippen molar-refractivity contribution in [1.29, 1.82) is 0 Å². The lowest BCUT2D eigenvalue weighted by Crippen LogP contribution is -2.35. The Bertz CT molecular complexity index is 1200. The smallest absolute Gasteiger partial charge is 0.244 e. The van der Waals surface area contributed by atoms with Gasteiger partial charge in [0.2, 0.25) is 26.0 Å². The fourth-order valence-corrected chi connectivity index (χ4v) is 5.22. The minimum atomic E-state index is -3.48. The summed E-state index contributed by atoms with van der Waals surface area (Å²) in [5.41, 5.74) is 0.776. The van der Waals surface area contributed by atoms with Crippen molar-refractivity contribution in [3.8, 4) is 0 Å². The van der Waals surface area contributed by atoms with Crippen LogP contribution in [0.25, 0.3) is 6.08 Å². The fourth-order valence-electron chi connectivity index (χ4n) is 3.35. The number of carbonyl (C=O) groups is 1.